The van der Waals surface area contributed by atoms with Gasteiger partial charge in [-0.25, -0.2) is 17.6 Å². The molecule has 42 heavy (non-hydrogen) atoms. The van der Waals surface area contributed by atoms with Crippen molar-refractivity contribution < 1.29 is 31.9 Å². The van der Waals surface area contributed by atoms with E-state index in [1.165, 1.54) is 0 Å². The minimum atomic E-state index is -1.16. The van der Waals surface area contributed by atoms with E-state index in [1.54, 1.807) is 0 Å². The molecule has 1 heterocycles. The Morgan fingerprint density at radius 2 is 1.62 bits per heavy atom. The summed E-state index contributed by atoms with van der Waals surface area (Å²) in [6.45, 7) is 4.19. The Hall–Kier alpha value is -3.99. The molecule has 0 spiro atoms. The molecule has 0 aliphatic heterocycles. The van der Waals surface area contributed by atoms with Crippen molar-refractivity contribution in [1.29, 1.82) is 0 Å². The van der Waals surface area contributed by atoms with Gasteiger partial charge in [-0.1, -0.05) is 13.8 Å². The van der Waals surface area contributed by atoms with Crippen LogP contribution in [0.4, 0.5) is 23.4 Å². The van der Waals surface area contributed by atoms with E-state index in [0.29, 0.717) is 17.1 Å². The number of aromatic nitrogens is 1. The van der Waals surface area contributed by atoms with Gasteiger partial charge in [0, 0.05) is 12.1 Å². The fourth-order valence-corrected chi connectivity index (χ4v) is 5.15. The molecule has 3 N–H and O–H groups in total. The number of nitrogen functional groups attached to an aromatic ring is 1. The van der Waals surface area contributed by atoms with Crippen molar-refractivity contribution in [3.63, 3.8) is 0 Å². The number of carbonyl (C=O) groups is 2. The van der Waals surface area contributed by atoms with Crippen molar-refractivity contribution in [3.8, 4) is 5.69 Å². The summed E-state index contributed by atoms with van der Waals surface area (Å²) < 4.78 is 64.3. The van der Waals surface area contributed by atoms with Crippen LogP contribution in [0, 0.1) is 29.2 Å². The number of esters is 1. The fraction of sp³-hybridized carbons (Fsp3) is 0.387. The van der Waals surface area contributed by atoms with E-state index in [4.69, 9.17) is 10.5 Å². The number of nitrogens with zero attached hydrogens (tertiary/aromatic N) is 1. The lowest BCUT2D eigenvalue weighted by molar-refractivity contribution is -0.151. The van der Waals surface area contributed by atoms with Crippen molar-refractivity contribution in [1.82, 2.24) is 9.88 Å². The second kappa shape index (κ2) is 13.3. The predicted octanol–water partition coefficient (Wildman–Crippen LogP) is 5.24. The average molecular weight is 588 g/mol. The molecular formula is C31H33F4N3O4. The Balaban J connectivity index is 1.53. The first-order chi connectivity index (χ1) is 20.0. The van der Waals surface area contributed by atoms with Crippen molar-refractivity contribution in [2.45, 2.75) is 64.5 Å². The van der Waals surface area contributed by atoms with Crippen molar-refractivity contribution >= 4 is 17.6 Å². The van der Waals surface area contributed by atoms with Crippen LogP contribution >= 0.6 is 0 Å². The summed E-state index contributed by atoms with van der Waals surface area (Å²) in [6.07, 6.45) is 4.36. The molecule has 0 bridgehead atoms. The molecule has 7 nitrogen and oxygen atoms in total. The van der Waals surface area contributed by atoms with E-state index in [2.05, 4.69) is 5.32 Å². The Kier molecular flexibility index (Phi) is 9.82. The number of nitrogens with two attached hydrogens (primary N) is 1. The van der Waals surface area contributed by atoms with Gasteiger partial charge >= 0.3 is 5.97 Å². The molecule has 0 saturated heterocycles. The van der Waals surface area contributed by atoms with Crippen molar-refractivity contribution in [2.75, 3.05) is 12.3 Å². The number of nitrogens with one attached hydrogen (secondary N) is 1. The fourth-order valence-electron chi connectivity index (χ4n) is 5.15. The molecule has 0 radical (unpaired) electrons. The van der Waals surface area contributed by atoms with E-state index >= 15 is 8.78 Å². The monoisotopic (exact) mass is 587 g/mol. The maximum atomic E-state index is 15.3. The molecular weight excluding hydrogens is 554 g/mol. The first kappa shape index (κ1) is 31.0. The number of benzene rings is 2. The number of anilines is 1. The van der Waals surface area contributed by atoms with Crippen LogP contribution in [0.3, 0.4) is 0 Å². The van der Waals surface area contributed by atoms with Gasteiger partial charge in [-0.15, -0.1) is 0 Å². The van der Waals surface area contributed by atoms with Gasteiger partial charge in [-0.05, 0) is 86.9 Å². The minimum Gasteiger partial charge on any atom is -0.461 e. The zero-order chi connectivity index (χ0) is 30.6. The molecule has 1 aromatic heterocycles. The first-order valence-electron chi connectivity index (χ1n) is 13.9. The molecule has 1 atom stereocenters. The van der Waals surface area contributed by atoms with E-state index in [-0.39, 0.29) is 36.5 Å². The van der Waals surface area contributed by atoms with Crippen LogP contribution in [-0.4, -0.2) is 35.0 Å². The topological polar surface area (TPSA) is 103 Å². The number of hydrogen-bond donors (Lipinski definition) is 2. The van der Waals surface area contributed by atoms with Gasteiger partial charge in [-0.2, -0.15) is 0 Å². The maximum absolute atomic E-state index is 15.3. The number of hydrogen-bond acceptors (Lipinski definition) is 6. The highest BCUT2D eigenvalue weighted by molar-refractivity contribution is 6.11. The Bertz CT molecular complexity index is 1510. The van der Waals surface area contributed by atoms with Gasteiger partial charge in [0.2, 0.25) is 0 Å². The summed E-state index contributed by atoms with van der Waals surface area (Å²) in [5, 5.41) is 3.13. The smallest absolute Gasteiger partial charge is 0.323 e. The lowest BCUT2D eigenvalue weighted by Gasteiger charge is -2.22. The van der Waals surface area contributed by atoms with E-state index in [1.807, 2.05) is 13.8 Å². The summed E-state index contributed by atoms with van der Waals surface area (Å²) >= 11 is 0. The number of halogens is 4. The minimum absolute atomic E-state index is 0.0796. The summed E-state index contributed by atoms with van der Waals surface area (Å²) in [6, 6.07) is 5.69. The average Bonchev–Trinajstić information content (AvgIpc) is 3.42. The number of ketones is 1. The summed E-state index contributed by atoms with van der Waals surface area (Å²) in [5.74, 6) is -6.03. The number of pyridine rings is 1. The summed E-state index contributed by atoms with van der Waals surface area (Å²) in [4.78, 5) is 38.3. The van der Waals surface area contributed by atoms with Gasteiger partial charge in [0.05, 0.1) is 11.1 Å². The van der Waals surface area contributed by atoms with Gasteiger partial charge < -0.3 is 15.8 Å². The third-order valence-electron chi connectivity index (χ3n) is 7.23. The number of rotatable bonds is 11. The van der Waals surface area contributed by atoms with Crippen LogP contribution < -0.4 is 16.6 Å². The van der Waals surface area contributed by atoms with Gasteiger partial charge in [0.1, 0.15) is 35.3 Å². The lowest BCUT2D eigenvalue weighted by Crippen LogP contribution is -2.41. The van der Waals surface area contributed by atoms with Crippen LogP contribution in [0.5, 0.6) is 0 Å². The molecule has 224 valence electrons. The molecule has 1 saturated carbocycles. The van der Waals surface area contributed by atoms with Crippen LogP contribution in [0.1, 0.15) is 67.4 Å². The normalized spacial score (nSPS) is 14.4. The third-order valence-corrected chi connectivity index (χ3v) is 7.23. The van der Waals surface area contributed by atoms with E-state index in [9.17, 15) is 23.2 Å². The molecule has 1 aliphatic rings. The molecule has 11 heteroatoms. The molecule has 0 amide bonds. The molecule has 1 fully saturated rings. The Morgan fingerprint density at radius 1 is 0.976 bits per heavy atom. The van der Waals surface area contributed by atoms with E-state index < -0.39 is 63.3 Å². The molecule has 1 aliphatic carbocycles. The Labute approximate surface area is 240 Å². The summed E-state index contributed by atoms with van der Waals surface area (Å²) in [7, 11) is 0. The third kappa shape index (κ3) is 7.07. The van der Waals surface area contributed by atoms with E-state index in [0.717, 1.165) is 62.1 Å². The second-order valence-electron chi connectivity index (χ2n) is 10.9. The van der Waals surface area contributed by atoms with Crippen molar-refractivity contribution in [3.05, 3.63) is 92.8 Å². The van der Waals surface area contributed by atoms with Gasteiger partial charge in [0.25, 0.3) is 5.56 Å². The molecule has 4 rings (SSSR count). The predicted molar refractivity (Wildman–Crippen MR) is 149 cm³/mol. The molecule has 2 aromatic carbocycles. The second-order valence-corrected chi connectivity index (χ2v) is 10.9. The molecule has 0 unspecified atom stereocenters. The van der Waals surface area contributed by atoms with Crippen LogP contribution in [-0.2, 0) is 16.0 Å². The maximum Gasteiger partial charge on any atom is 0.323 e. The zero-order valence-corrected chi connectivity index (χ0v) is 23.4. The van der Waals surface area contributed by atoms with Crippen LogP contribution in [0.25, 0.3) is 5.69 Å². The SMILES string of the molecule is CC(C)C[C@@H](NCCc1cc(F)c(-n2c(N)c(C(=O)c3ccc(F)cc3F)ccc2=O)c(F)c1)C(=O)OC1CCCC1. The first-order valence-corrected chi connectivity index (χ1v) is 13.9. The standard InChI is InChI=1S/C31H33F4N3O4/c1-17(2)13-26(31(41)42-20-5-3-4-6-20)37-12-11-18-14-24(34)28(25(35)15-18)38-27(39)10-9-22(30(38)36)29(40)21-8-7-19(32)16-23(21)33/h7-10,14-17,20,26,37H,3-6,11-13,36H2,1-2H3/t26-/m1/s1. The highest BCUT2D eigenvalue weighted by atomic mass is 19.1. The number of carbonyl (C=O) groups excluding carboxylic acids is 2. The summed E-state index contributed by atoms with van der Waals surface area (Å²) in [5.41, 5.74) is 3.61. The van der Waals surface area contributed by atoms with Gasteiger partial charge in [-0.3, -0.25) is 19.0 Å². The number of ether oxygens (including phenoxy) is 1. The lowest BCUT2D eigenvalue weighted by atomic mass is 10.0. The van der Waals surface area contributed by atoms with Crippen molar-refractivity contribution in [2.24, 2.45) is 5.92 Å². The quantitative estimate of drug-likeness (QED) is 0.181. The highest BCUT2D eigenvalue weighted by Crippen LogP contribution is 2.26. The Morgan fingerprint density at radius 3 is 2.24 bits per heavy atom. The molecule has 3 aromatic rings. The van der Waals surface area contributed by atoms with Crippen LogP contribution in [0.15, 0.2) is 47.3 Å². The largest absolute Gasteiger partial charge is 0.461 e. The van der Waals surface area contributed by atoms with Gasteiger partial charge in [0.15, 0.2) is 17.4 Å². The highest BCUT2D eigenvalue weighted by Gasteiger charge is 2.27. The zero-order valence-electron chi connectivity index (χ0n) is 23.4. The van der Waals surface area contributed by atoms with Crippen LogP contribution in [0.2, 0.25) is 0 Å².